The van der Waals surface area contributed by atoms with Crippen LogP contribution in [-0.2, 0) is 0 Å². The highest BCUT2D eigenvalue weighted by atomic mass is 19.2. The highest BCUT2D eigenvalue weighted by Gasteiger charge is 2.24. The predicted molar refractivity (Wildman–Crippen MR) is 107 cm³/mol. The van der Waals surface area contributed by atoms with Crippen molar-refractivity contribution in [2.75, 3.05) is 0 Å². The molecule has 0 fully saturated rings. The van der Waals surface area contributed by atoms with Gasteiger partial charge in [-0.2, -0.15) is 0 Å². The molecule has 0 radical (unpaired) electrons. The van der Waals surface area contributed by atoms with Crippen molar-refractivity contribution in [3.63, 3.8) is 0 Å². The molecule has 5 heteroatoms. The molecule has 0 spiro atoms. The summed E-state index contributed by atoms with van der Waals surface area (Å²) in [5.41, 5.74) is 0.0790. The second kappa shape index (κ2) is 7.95. The first-order chi connectivity index (χ1) is 14.5. The van der Waals surface area contributed by atoms with Crippen molar-refractivity contribution in [2.24, 2.45) is 0 Å². The maximum Gasteiger partial charge on any atom is 0.193 e. The number of rotatable bonds is 4. The number of hydrogen-bond acceptors (Lipinski definition) is 1. The Bertz CT molecular complexity index is 1250. The zero-order valence-corrected chi connectivity index (χ0v) is 15.5. The summed E-state index contributed by atoms with van der Waals surface area (Å²) in [6, 6.07) is 19.8. The first-order valence-corrected chi connectivity index (χ1v) is 9.10. The van der Waals surface area contributed by atoms with E-state index in [1.54, 1.807) is 30.3 Å². The molecule has 0 bridgehead atoms. The second-order valence-electron chi connectivity index (χ2n) is 6.63. The summed E-state index contributed by atoms with van der Waals surface area (Å²) < 4.78 is 57.2. The Kier molecular flexibility index (Phi) is 5.19. The summed E-state index contributed by atoms with van der Waals surface area (Å²) in [7, 11) is 0. The first kappa shape index (κ1) is 19.6. The van der Waals surface area contributed by atoms with Gasteiger partial charge in [0.1, 0.15) is 0 Å². The van der Waals surface area contributed by atoms with E-state index in [0.29, 0.717) is 5.56 Å². The topological polar surface area (TPSA) is 17.1 Å². The summed E-state index contributed by atoms with van der Waals surface area (Å²) in [6.07, 6.45) is 0. The number of hydrogen-bond donors (Lipinski definition) is 0. The SMILES string of the molecule is O=C(c1ccccc1)c1cccc(-c2cccc(F)c2F)c1-c1cccc(F)c1F. The van der Waals surface area contributed by atoms with E-state index in [-0.39, 0.29) is 27.8 Å². The van der Waals surface area contributed by atoms with Crippen molar-refractivity contribution in [3.05, 3.63) is 119 Å². The Morgan fingerprint density at radius 3 is 1.73 bits per heavy atom. The van der Waals surface area contributed by atoms with Crippen LogP contribution < -0.4 is 0 Å². The molecule has 0 aliphatic heterocycles. The van der Waals surface area contributed by atoms with Crippen LogP contribution in [0.2, 0.25) is 0 Å². The lowest BCUT2D eigenvalue weighted by atomic mass is 9.87. The molecule has 4 rings (SSSR count). The van der Waals surface area contributed by atoms with Crippen LogP contribution in [0, 0.1) is 23.3 Å². The zero-order chi connectivity index (χ0) is 21.3. The number of carbonyl (C=O) groups excluding carboxylic acids is 1. The quantitative estimate of drug-likeness (QED) is 0.269. The van der Waals surface area contributed by atoms with Crippen molar-refractivity contribution >= 4 is 5.78 Å². The van der Waals surface area contributed by atoms with Crippen molar-refractivity contribution in [1.29, 1.82) is 0 Å². The maximum absolute atomic E-state index is 14.8. The highest BCUT2D eigenvalue weighted by Crippen LogP contribution is 2.39. The molecule has 0 saturated carbocycles. The molecule has 4 aromatic carbocycles. The molecule has 30 heavy (non-hydrogen) atoms. The van der Waals surface area contributed by atoms with Gasteiger partial charge < -0.3 is 0 Å². The molecule has 0 aliphatic rings. The first-order valence-electron chi connectivity index (χ1n) is 9.10. The van der Waals surface area contributed by atoms with Gasteiger partial charge in [-0.3, -0.25) is 4.79 Å². The molecule has 1 nitrogen and oxygen atoms in total. The van der Waals surface area contributed by atoms with E-state index >= 15 is 0 Å². The third-order valence-electron chi connectivity index (χ3n) is 4.81. The van der Waals surface area contributed by atoms with E-state index in [9.17, 15) is 22.4 Å². The molecule has 0 N–H and O–H groups in total. The van der Waals surface area contributed by atoms with Crippen LogP contribution in [0.15, 0.2) is 84.9 Å². The molecular formula is C25H14F4O. The molecule has 4 aromatic rings. The van der Waals surface area contributed by atoms with Crippen LogP contribution in [0.5, 0.6) is 0 Å². The lowest BCUT2D eigenvalue weighted by molar-refractivity contribution is 0.103. The largest absolute Gasteiger partial charge is 0.289 e. The van der Waals surface area contributed by atoms with E-state index < -0.39 is 29.1 Å². The summed E-state index contributed by atoms with van der Waals surface area (Å²) in [5, 5.41) is 0. The van der Waals surface area contributed by atoms with Crippen LogP contribution in [-0.4, -0.2) is 5.78 Å². The third kappa shape index (κ3) is 3.39. The minimum atomic E-state index is -1.18. The summed E-state index contributed by atoms with van der Waals surface area (Å²) in [5.74, 6) is -4.96. The zero-order valence-electron chi connectivity index (χ0n) is 15.5. The lowest BCUT2D eigenvalue weighted by Gasteiger charge is -2.16. The Hall–Kier alpha value is -3.73. The number of ketones is 1. The van der Waals surface area contributed by atoms with Gasteiger partial charge in [0.15, 0.2) is 29.1 Å². The minimum Gasteiger partial charge on any atom is -0.289 e. The van der Waals surface area contributed by atoms with Crippen LogP contribution in [0.3, 0.4) is 0 Å². The smallest absolute Gasteiger partial charge is 0.193 e. The van der Waals surface area contributed by atoms with Gasteiger partial charge >= 0.3 is 0 Å². The molecule has 0 atom stereocenters. The van der Waals surface area contributed by atoms with Crippen LogP contribution in [0.1, 0.15) is 15.9 Å². The van der Waals surface area contributed by atoms with E-state index in [4.69, 9.17) is 0 Å². The van der Waals surface area contributed by atoms with Crippen molar-refractivity contribution < 1.29 is 22.4 Å². The molecule has 0 aliphatic carbocycles. The normalized spacial score (nSPS) is 10.8. The lowest BCUT2D eigenvalue weighted by Crippen LogP contribution is -2.06. The monoisotopic (exact) mass is 406 g/mol. The van der Waals surface area contributed by atoms with Gasteiger partial charge in [0.2, 0.25) is 0 Å². The van der Waals surface area contributed by atoms with Crippen molar-refractivity contribution in [1.82, 2.24) is 0 Å². The molecule has 0 heterocycles. The number of halogens is 4. The average molecular weight is 406 g/mol. The van der Waals surface area contributed by atoms with Gasteiger partial charge in [0, 0.05) is 27.8 Å². The fourth-order valence-electron chi connectivity index (χ4n) is 3.41. The molecular weight excluding hydrogens is 392 g/mol. The fraction of sp³-hybridized carbons (Fsp3) is 0. The second-order valence-corrected chi connectivity index (χ2v) is 6.63. The molecule has 0 unspecified atom stereocenters. The van der Waals surface area contributed by atoms with E-state index in [1.807, 2.05) is 0 Å². The van der Waals surface area contributed by atoms with Crippen LogP contribution in [0.25, 0.3) is 22.3 Å². The van der Waals surface area contributed by atoms with E-state index in [0.717, 1.165) is 12.1 Å². The Labute approximate surface area is 170 Å². The van der Waals surface area contributed by atoms with Crippen LogP contribution in [0.4, 0.5) is 17.6 Å². The van der Waals surface area contributed by atoms with Crippen molar-refractivity contribution in [2.45, 2.75) is 0 Å². The van der Waals surface area contributed by atoms with Crippen molar-refractivity contribution in [3.8, 4) is 22.3 Å². The summed E-state index contributed by atoms with van der Waals surface area (Å²) in [6.45, 7) is 0. The summed E-state index contributed by atoms with van der Waals surface area (Å²) in [4.78, 5) is 13.2. The Morgan fingerprint density at radius 1 is 0.533 bits per heavy atom. The van der Waals surface area contributed by atoms with Gasteiger partial charge in [-0.25, -0.2) is 17.6 Å². The summed E-state index contributed by atoms with van der Waals surface area (Å²) >= 11 is 0. The van der Waals surface area contributed by atoms with Gasteiger partial charge in [-0.05, 0) is 17.7 Å². The highest BCUT2D eigenvalue weighted by molar-refractivity contribution is 6.14. The Morgan fingerprint density at radius 2 is 1.07 bits per heavy atom. The third-order valence-corrected chi connectivity index (χ3v) is 4.81. The molecule has 0 saturated heterocycles. The molecule has 148 valence electrons. The van der Waals surface area contributed by atoms with Gasteiger partial charge in [-0.15, -0.1) is 0 Å². The number of benzene rings is 4. The van der Waals surface area contributed by atoms with E-state index in [1.165, 1.54) is 42.5 Å². The molecule has 0 amide bonds. The van der Waals surface area contributed by atoms with Crippen LogP contribution >= 0.6 is 0 Å². The van der Waals surface area contributed by atoms with Gasteiger partial charge in [0.05, 0.1) is 0 Å². The maximum atomic E-state index is 14.8. The fourth-order valence-corrected chi connectivity index (χ4v) is 3.41. The van der Waals surface area contributed by atoms with Gasteiger partial charge in [-0.1, -0.05) is 72.8 Å². The predicted octanol–water partition coefficient (Wildman–Crippen LogP) is 6.81. The average Bonchev–Trinajstić information content (AvgIpc) is 2.77. The Balaban J connectivity index is 2.06. The van der Waals surface area contributed by atoms with Gasteiger partial charge in [0.25, 0.3) is 0 Å². The van der Waals surface area contributed by atoms with E-state index in [2.05, 4.69) is 0 Å². The molecule has 0 aromatic heterocycles. The minimum absolute atomic E-state index is 0.00662. The standard InChI is InChI=1S/C25H14F4O/c26-20-13-5-10-17(23(20)28)16-9-4-12-19(25(30)15-7-2-1-3-8-15)22(16)18-11-6-14-21(27)24(18)29/h1-14H. The number of carbonyl (C=O) groups is 1.